The Morgan fingerprint density at radius 3 is 1.56 bits per heavy atom. The van der Waals surface area contributed by atoms with Gasteiger partial charge in [-0.1, -0.05) is 152 Å². The molecule has 0 aromatic carbocycles. The maximum Gasteiger partial charge on any atom is 0.306 e. The lowest BCUT2D eigenvalue weighted by Gasteiger charge is -2.28. The summed E-state index contributed by atoms with van der Waals surface area (Å²) in [7, 11) is 1.14. The number of phosphoric ester groups is 1. The zero-order valence-corrected chi connectivity index (χ0v) is 36.0. The van der Waals surface area contributed by atoms with Gasteiger partial charge in [-0.25, -0.2) is 0 Å². The summed E-state index contributed by atoms with van der Waals surface area (Å²) in [5, 5.41) is 0. The van der Waals surface area contributed by atoms with Gasteiger partial charge in [-0.05, 0) is 51.4 Å². The van der Waals surface area contributed by atoms with E-state index in [0.717, 1.165) is 64.2 Å². The van der Waals surface area contributed by atoms with Crippen molar-refractivity contribution in [1.29, 1.82) is 0 Å². The molecule has 0 aliphatic carbocycles. The van der Waals surface area contributed by atoms with E-state index < -0.39 is 32.5 Å². The average Bonchev–Trinajstić information content (AvgIpc) is 3.12. The SMILES string of the molecule is CCC/C=C/C/C=C/C/C=C/C/C=C/CCCCCC(=O)OC[C@H](COP(=O)([O-])OCC[N+](C)(C)C)OC(=O)CCCCCCCCCCCCCCC. The van der Waals surface area contributed by atoms with Gasteiger partial charge in [-0.15, -0.1) is 0 Å². The molecule has 9 nitrogen and oxygen atoms in total. The molecular formula is C44H80NO8P. The van der Waals surface area contributed by atoms with Gasteiger partial charge in [0, 0.05) is 12.8 Å². The Bertz CT molecular complexity index is 1070. The van der Waals surface area contributed by atoms with Gasteiger partial charge in [0.2, 0.25) is 0 Å². The van der Waals surface area contributed by atoms with E-state index in [2.05, 4.69) is 62.5 Å². The lowest BCUT2D eigenvalue weighted by Crippen LogP contribution is -2.37. The van der Waals surface area contributed by atoms with Gasteiger partial charge in [0.25, 0.3) is 7.82 Å². The zero-order valence-electron chi connectivity index (χ0n) is 35.2. The van der Waals surface area contributed by atoms with Gasteiger partial charge in [-0.2, -0.15) is 0 Å². The second kappa shape index (κ2) is 36.6. The number of likely N-dealkylation sites (N-methyl/N-ethyl adjacent to an activating group) is 1. The fraction of sp³-hybridized carbons (Fsp3) is 0.773. The number of carbonyl (C=O) groups is 2. The number of nitrogens with zero attached hydrogens (tertiary/aromatic N) is 1. The third-order valence-electron chi connectivity index (χ3n) is 8.83. The van der Waals surface area contributed by atoms with Crippen LogP contribution >= 0.6 is 7.82 Å². The summed E-state index contributed by atoms with van der Waals surface area (Å²) < 4.78 is 33.8. The molecule has 0 aromatic rings. The molecule has 0 amide bonds. The van der Waals surface area contributed by atoms with Crippen molar-refractivity contribution in [2.45, 2.75) is 174 Å². The highest BCUT2D eigenvalue weighted by molar-refractivity contribution is 7.45. The minimum atomic E-state index is -4.63. The summed E-state index contributed by atoms with van der Waals surface area (Å²) in [6.07, 6.45) is 41.3. The average molecular weight is 782 g/mol. The van der Waals surface area contributed by atoms with E-state index in [9.17, 15) is 19.0 Å². The van der Waals surface area contributed by atoms with Crippen molar-refractivity contribution in [2.24, 2.45) is 0 Å². The number of phosphoric acid groups is 1. The Hall–Kier alpha value is -2.03. The molecule has 0 fully saturated rings. The zero-order chi connectivity index (χ0) is 40.0. The van der Waals surface area contributed by atoms with E-state index >= 15 is 0 Å². The molecule has 0 saturated heterocycles. The van der Waals surface area contributed by atoms with E-state index in [1.54, 1.807) is 0 Å². The number of hydrogen-bond acceptors (Lipinski definition) is 8. The number of esters is 2. The molecule has 0 N–H and O–H groups in total. The van der Waals surface area contributed by atoms with Gasteiger partial charge in [0.15, 0.2) is 6.10 Å². The third-order valence-corrected chi connectivity index (χ3v) is 9.80. The fourth-order valence-corrected chi connectivity index (χ4v) is 6.20. The molecule has 314 valence electrons. The Balaban J connectivity index is 4.43. The van der Waals surface area contributed by atoms with Crippen LogP contribution in [0.15, 0.2) is 48.6 Å². The van der Waals surface area contributed by atoms with Crippen molar-refractivity contribution in [3.05, 3.63) is 48.6 Å². The van der Waals surface area contributed by atoms with E-state index in [4.69, 9.17) is 18.5 Å². The molecule has 2 atom stereocenters. The van der Waals surface area contributed by atoms with E-state index in [-0.39, 0.29) is 26.1 Å². The largest absolute Gasteiger partial charge is 0.756 e. The number of quaternary nitrogens is 1. The molecule has 0 heterocycles. The molecular weight excluding hydrogens is 701 g/mol. The maximum atomic E-state index is 12.6. The first-order valence-electron chi connectivity index (χ1n) is 21.3. The highest BCUT2D eigenvalue weighted by Gasteiger charge is 2.21. The molecule has 10 heteroatoms. The second-order valence-corrected chi connectivity index (χ2v) is 16.8. The summed E-state index contributed by atoms with van der Waals surface area (Å²) in [4.78, 5) is 37.5. The number of ether oxygens (including phenoxy) is 2. The van der Waals surface area contributed by atoms with Crippen LogP contribution in [0.5, 0.6) is 0 Å². The number of rotatable bonds is 38. The van der Waals surface area contributed by atoms with Crippen LogP contribution in [0.25, 0.3) is 0 Å². The lowest BCUT2D eigenvalue weighted by atomic mass is 10.0. The van der Waals surface area contributed by atoms with Crippen LogP contribution in [0.1, 0.15) is 168 Å². The van der Waals surface area contributed by atoms with Crippen LogP contribution in [0, 0.1) is 0 Å². The van der Waals surface area contributed by atoms with Crippen LogP contribution in [0.2, 0.25) is 0 Å². The Kier molecular flexibility index (Phi) is 35.2. The summed E-state index contributed by atoms with van der Waals surface area (Å²) in [5.74, 6) is -0.871. The Morgan fingerprint density at radius 2 is 1.04 bits per heavy atom. The summed E-state index contributed by atoms with van der Waals surface area (Å²) >= 11 is 0. The van der Waals surface area contributed by atoms with Crippen molar-refractivity contribution >= 4 is 19.8 Å². The molecule has 1 unspecified atom stereocenters. The third kappa shape index (κ3) is 39.7. The number of allylic oxidation sites excluding steroid dienone is 8. The van der Waals surface area contributed by atoms with Gasteiger partial charge >= 0.3 is 11.9 Å². The minimum absolute atomic E-state index is 0.0366. The van der Waals surface area contributed by atoms with Crippen molar-refractivity contribution in [3.63, 3.8) is 0 Å². The van der Waals surface area contributed by atoms with E-state index in [1.165, 1.54) is 64.2 Å². The molecule has 54 heavy (non-hydrogen) atoms. The quantitative estimate of drug-likeness (QED) is 0.0200. The molecule has 0 saturated carbocycles. The second-order valence-electron chi connectivity index (χ2n) is 15.4. The first kappa shape index (κ1) is 52.0. The lowest BCUT2D eigenvalue weighted by molar-refractivity contribution is -0.870. The van der Waals surface area contributed by atoms with Crippen LogP contribution in [-0.4, -0.2) is 70.0 Å². The van der Waals surface area contributed by atoms with Crippen molar-refractivity contribution in [2.75, 3.05) is 47.5 Å². The minimum Gasteiger partial charge on any atom is -0.756 e. The van der Waals surface area contributed by atoms with Gasteiger partial charge in [-0.3, -0.25) is 14.2 Å². The molecule has 0 radical (unpaired) electrons. The van der Waals surface area contributed by atoms with Gasteiger partial charge < -0.3 is 27.9 Å². The van der Waals surface area contributed by atoms with Crippen molar-refractivity contribution in [1.82, 2.24) is 0 Å². The maximum absolute atomic E-state index is 12.6. The molecule has 0 bridgehead atoms. The standard InChI is InChI=1S/C44H80NO8P/c1-6-8-10-12-14-16-18-20-21-22-23-25-26-28-30-32-34-36-43(46)50-40-42(41-52-54(48,49)51-39-38-45(3,4)5)53-44(47)37-35-33-31-29-27-24-19-17-15-13-11-9-7-2/h10,12,16,18,21-22,25-26,42H,6-9,11,13-15,17,19-20,23-24,27-41H2,1-5H3/b12-10+,18-16+,22-21+,26-25+/t42-/m1/s1. The van der Waals surface area contributed by atoms with Crippen LogP contribution in [0.3, 0.4) is 0 Å². The number of carbonyl (C=O) groups excluding carboxylic acids is 2. The molecule has 0 spiro atoms. The van der Waals surface area contributed by atoms with Crippen LogP contribution < -0.4 is 4.89 Å². The van der Waals surface area contributed by atoms with E-state index in [1.807, 2.05) is 21.1 Å². The van der Waals surface area contributed by atoms with Crippen LogP contribution in [0.4, 0.5) is 0 Å². The smallest absolute Gasteiger partial charge is 0.306 e. The van der Waals surface area contributed by atoms with E-state index in [0.29, 0.717) is 23.9 Å². The summed E-state index contributed by atoms with van der Waals surface area (Å²) in [5.41, 5.74) is 0. The predicted octanol–water partition coefficient (Wildman–Crippen LogP) is 11.3. The molecule has 0 rings (SSSR count). The van der Waals surface area contributed by atoms with Gasteiger partial charge in [0.1, 0.15) is 19.8 Å². The Morgan fingerprint density at radius 1 is 0.574 bits per heavy atom. The monoisotopic (exact) mass is 782 g/mol. The molecule has 0 aromatic heterocycles. The highest BCUT2D eigenvalue weighted by Crippen LogP contribution is 2.38. The predicted molar refractivity (Wildman–Crippen MR) is 222 cm³/mol. The first-order valence-corrected chi connectivity index (χ1v) is 22.8. The normalized spacial score (nSPS) is 14.1. The summed E-state index contributed by atoms with van der Waals surface area (Å²) in [6.45, 7) is 4.11. The topological polar surface area (TPSA) is 111 Å². The van der Waals surface area contributed by atoms with Crippen molar-refractivity contribution < 1.29 is 42.1 Å². The molecule has 0 aliphatic heterocycles. The van der Waals surface area contributed by atoms with Gasteiger partial charge in [0.05, 0.1) is 27.7 Å². The molecule has 0 aliphatic rings. The number of hydrogen-bond donors (Lipinski definition) is 0. The summed E-state index contributed by atoms with van der Waals surface area (Å²) in [6, 6.07) is 0. The van der Waals surface area contributed by atoms with Crippen LogP contribution in [-0.2, 0) is 32.7 Å². The Labute approximate surface area is 331 Å². The number of unbranched alkanes of at least 4 members (excludes halogenated alkanes) is 16. The highest BCUT2D eigenvalue weighted by atomic mass is 31.2. The van der Waals surface area contributed by atoms with Crippen molar-refractivity contribution in [3.8, 4) is 0 Å². The first-order chi connectivity index (χ1) is 26.0. The fourth-order valence-electron chi connectivity index (χ4n) is 5.47.